The van der Waals surface area contributed by atoms with E-state index in [9.17, 15) is 30.8 Å². The van der Waals surface area contributed by atoms with Gasteiger partial charge in [0.25, 0.3) is 0 Å². The van der Waals surface area contributed by atoms with Crippen LogP contribution in [0.3, 0.4) is 0 Å². The number of hydrogen-bond donors (Lipinski definition) is 2. The first-order chi connectivity index (χ1) is 7.00. The molecule has 96 valence electrons. The summed E-state index contributed by atoms with van der Waals surface area (Å²) in [4.78, 5) is 10.2. The highest BCUT2D eigenvalue weighted by Gasteiger charge is 2.42. The molecule has 0 aromatic carbocycles. The van der Waals surface area contributed by atoms with Crippen molar-refractivity contribution in [3.8, 4) is 0 Å². The van der Waals surface area contributed by atoms with Crippen LogP contribution in [-0.4, -0.2) is 43.6 Å². The number of alkyl halides is 4. The normalized spacial score (nSPS) is 15.1. The van der Waals surface area contributed by atoms with Gasteiger partial charge in [0.1, 0.15) is 0 Å². The van der Waals surface area contributed by atoms with E-state index in [2.05, 4.69) is 0 Å². The van der Waals surface area contributed by atoms with Crippen molar-refractivity contribution >= 4 is 16.0 Å². The number of carboxylic acid groups (broad SMARTS) is 1. The van der Waals surface area contributed by atoms with Gasteiger partial charge in [-0.25, -0.2) is 21.9 Å². The third-order valence-electron chi connectivity index (χ3n) is 1.64. The fourth-order valence-corrected chi connectivity index (χ4v) is 1.44. The smallest absolute Gasteiger partial charge is 0.323 e. The predicted molar refractivity (Wildman–Crippen MR) is 45.0 cm³/mol. The summed E-state index contributed by atoms with van der Waals surface area (Å²) in [6, 6.07) is 0. The van der Waals surface area contributed by atoms with Crippen LogP contribution in [0.4, 0.5) is 17.6 Å². The van der Waals surface area contributed by atoms with Crippen molar-refractivity contribution in [3.63, 3.8) is 0 Å². The SMILES string of the molecule is CC(C(=O)O)S(=O)(=O)NCC(F)(F)C(F)F. The zero-order chi connectivity index (χ0) is 13.1. The Labute approximate surface area is 88.5 Å². The van der Waals surface area contributed by atoms with Crippen molar-refractivity contribution in [3.05, 3.63) is 0 Å². The number of halogens is 4. The maximum absolute atomic E-state index is 12.3. The molecule has 0 aromatic rings. The second-order valence-corrected chi connectivity index (χ2v) is 4.99. The van der Waals surface area contributed by atoms with Crippen molar-refractivity contribution in [1.29, 1.82) is 0 Å². The van der Waals surface area contributed by atoms with Crippen molar-refractivity contribution in [2.24, 2.45) is 0 Å². The van der Waals surface area contributed by atoms with Gasteiger partial charge in [-0.3, -0.25) is 4.79 Å². The highest BCUT2D eigenvalue weighted by atomic mass is 32.2. The Hall–Kier alpha value is -0.900. The third-order valence-corrected chi connectivity index (χ3v) is 3.32. The highest BCUT2D eigenvalue weighted by molar-refractivity contribution is 7.90. The predicted octanol–water partition coefficient (Wildman–Crippen LogP) is 0.279. The van der Waals surface area contributed by atoms with Crippen LogP contribution < -0.4 is 4.72 Å². The maximum atomic E-state index is 12.3. The maximum Gasteiger partial charge on any atom is 0.323 e. The summed E-state index contributed by atoms with van der Waals surface area (Å²) >= 11 is 0. The van der Waals surface area contributed by atoms with E-state index < -0.39 is 40.1 Å². The van der Waals surface area contributed by atoms with Gasteiger partial charge in [-0.15, -0.1) is 0 Å². The molecule has 0 aliphatic rings. The lowest BCUT2D eigenvalue weighted by atomic mass is 10.4. The number of carboxylic acids is 1. The van der Waals surface area contributed by atoms with E-state index >= 15 is 0 Å². The lowest BCUT2D eigenvalue weighted by molar-refractivity contribution is -0.136. The largest absolute Gasteiger partial charge is 0.480 e. The first-order valence-electron chi connectivity index (χ1n) is 3.88. The summed E-state index contributed by atoms with van der Waals surface area (Å²) in [5.41, 5.74) is 0. The van der Waals surface area contributed by atoms with Crippen molar-refractivity contribution in [1.82, 2.24) is 4.72 Å². The van der Waals surface area contributed by atoms with Crippen molar-refractivity contribution in [2.45, 2.75) is 24.5 Å². The van der Waals surface area contributed by atoms with E-state index in [4.69, 9.17) is 5.11 Å². The summed E-state index contributed by atoms with van der Waals surface area (Å²) in [5, 5.41) is 6.30. The lowest BCUT2D eigenvalue weighted by Crippen LogP contribution is -2.45. The zero-order valence-corrected chi connectivity index (χ0v) is 8.77. The molecule has 2 N–H and O–H groups in total. The molecule has 0 heterocycles. The van der Waals surface area contributed by atoms with Gasteiger partial charge in [0.05, 0.1) is 6.54 Å². The summed E-state index contributed by atoms with van der Waals surface area (Å²) in [6.45, 7) is -1.12. The van der Waals surface area contributed by atoms with Crippen LogP contribution in [-0.2, 0) is 14.8 Å². The quantitative estimate of drug-likeness (QED) is 0.677. The van der Waals surface area contributed by atoms with Gasteiger partial charge in [0.15, 0.2) is 5.25 Å². The van der Waals surface area contributed by atoms with Crippen molar-refractivity contribution in [2.75, 3.05) is 6.54 Å². The molecule has 0 rings (SSSR count). The number of rotatable bonds is 6. The summed E-state index contributed by atoms with van der Waals surface area (Å²) in [5.74, 6) is -6.31. The van der Waals surface area contributed by atoms with Crippen LogP contribution in [0.15, 0.2) is 0 Å². The molecule has 1 unspecified atom stereocenters. The Morgan fingerprint density at radius 2 is 1.88 bits per heavy atom. The van der Waals surface area contributed by atoms with Crippen LogP contribution in [0.2, 0.25) is 0 Å². The van der Waals surface area contributed by atoms with Crippen LogP contribution >= 0.6 is 0 Å². The third kappa shape index (κ3) is 3.93. The van der Waals surface area contributed by atoms with E-state index in [1.54, 1.807) is 0 Å². The second kappa shape index (κ2) is 4.95. The average Bonchev–Trinajstić information content (AvgIpc) is 2.13. The monoisotopic (exact) mass is 267 g/mol. The molecule has 0 radical (unpaired) electrons. The van der Waals surface area contributed by atoms with Crippen LogP contribution in [0.25, 0.3) is 0 Å². The summed E-state index contributed by atoms with van der Waals surface area (Å²) in [7, 11) is -4.59. The molecule has 0 saturated heterocycles. The molecule has 0 aliphatic carbocycles. The fourth-order valence-electron chi connectivity index (χ4n) is 0.532. The molecule has 0 spiro atoms. The molecular weight excluding hydrogens is 258 g/mol. The van der Waals surface area contributed by atoms with E-state index in [0.717, 1.165) is 11.6 Å². The number of carbonyl (C=O) groups is 1. The Bertz CT molecular complexity index is 356. The van der Waals surface area contributed by atoms with Gasteiger partial charge in [-0.1, -0.05) is 0 Å². The molecule has 16 heavy (non-hydrogen) atoms. The lowest BCUT2D eigenvalue weighted by Gasteiger charge is -2.17. The Kier molecular flexibility index (Phi) is 4.68. The topological polar surface area (TPSA) is 83.5 Å². The van der Waals surface area contributed by atoms with E-state index in [0.29, 0.717) is 0 Å². The number of hydrogen-bond acceptors (Lipinski definition) is 3. The Balaban J connectivity index is 4.59. The molecule has 0 aromatic heterocycles. The van der Waals surface area contributed by atoms with Gasteiger partial charge < -0.3 is 5.11 Å². The molecule has 0 amide bonds. The zero-order valence-electron chi connectivity index (χ0n) is 7.95. The number of aliphatic carboxylic acids is 1. The minimum atomic E-state index is -4.59. The molecule has 0 bridgehead atoms. The van der Waals surface area contributed by atoms with Gasteiger partial charge in [0, 0.05) is 0 Å². The van der Waals surface area contributed by atoms with Crippen molar-refractivity contribution < 1.29 is 35.9 Å². The first-order valence-corrected chi connectivity index (χ1v) is 5.42. The molecule has 0 saturated carbocycles. The molecular formula is C6H9F4NO4S. The number of nitrogens with one attached hydrogen (secondary N) is 1. The molecule has 0 aliphatic heterocycles. The Morgan fingerprint density at radius 3 is 2.19 bits per heavy atom. The summed E-state index contributed by atoms with van der Waals surface area (Å²) in [6.07, 6.45) is -4.03. The Morgan fingerprint density at radius 1 is 1.44 bits per heavy atom. The minimum absolute atomic E-state index is 0.727. The van der Waals surface area contributed by atoms with Gasteiger partial charge in [-0.2, -0.15) is 8.78 Å². The standard InChI is InChI=1S/C6H9F4NO4S/c1-3(4(12)13)16(14,15)11-2-6(9,10)5(7)8/h3,5,11H,2H2,1H3,(H,12,13). The fraction of sp³-hybridized carbons (Fsp3) is 0.833. The van der Waals surface area contributed by atoms with E-state index in [1.165, 1.54) is 0 Å². The van der Waals surface area contributed by atoms with Crippen LogP contribution in [0.1, 0.15) is 6.92 Å². The molecule has 10 heteroatoms. The number of sulfonamides is 1. The summed E-state index contributed by atoms with van der Waals surface area (Å²) < 4.78 is 71.0. The van der Waals surface area contributed by atoms with Gasteiger partial charge in [0.2, 0.25) is 10.0 Å². The average molecular weight is 267 g/mol. The van der Waals surface area contributed by atoms with E-state index in [-0.39, 0.29) is 0 Å². The second-order valence-electron chi connectivity index (χ2n) is 2.91. The van der Waals surface area contributed by atoms with Gasteiger partial charge >= 0.3 is 18.3 Å². The van der Waals surface area contributed by atoms with Crippen LogP contribution in [0, 0.1) is 0 Å². The van der Waals surface area contributed by atoms with E-state index in [1.807, 2.05) is 0 Å². The van der Waals surface area contributed by atoms with Gasteiger partial charge in [-0.05, 0) is 6.92 Å². The molecule has 0 fully saturated rings. The highest BCUT2D eigenvalue weighted by Crippen LogP contribution is 2.21. The molecule has 1 atom stereocenters. The van der Waals surface area contributed by atoms with Crippen LogP contribution in [0.5, 0.6) is 0 Å². The minimum Gasteiger partial charge on any atom is -0.480 e. The first kappa shape index (κ1) is 15.1. The molecule has 5 nitrogen and oxygen atoms in total.